The Morgan fingerprint density at radius 1 is 1.25 bits per heavy atom. The van der Waals surface area contributed by atoms with Crippen LogP contribution in [0.4, 0.5) is 0 Å². The molecule has 2 heterocycles. The van der Waals surface area contributed by atoms with Gasteiger partial charge in [-0.15, -0.1) is 0 Å². The summed E-state index contributed by atoms with van der Waals surface area (Å²) in [5.74, 6) is 0.478. The maximum Gasteiger partial charge on any atom is 0.139 e. The zero-order valence-corrected chi connectivity index (χ0v) is 9.02. The van der Waals surface area contributed by atoms with Gasteiger partial charge in [-0.05, 0) is 30.5 Å². The van der Waals surface area contributed by atoms with Crippen molar-refractivity contribution in [2.45, 2.75) is 31.3 Å². The van der Waals surface area contributed by atoms with Crippen molar-refractivity contribution in [3.63, 3.8) is 0 Å². The first kappa shape index (κ1) is 9.93. The largest absolute Gasteiger partial charge is 0.299 e. The minimum absolute atomic E-state index is 0.0937. The summed E-state index contributed by atoms with van der Waals surface area (Å²) in [5, 5.41) is 0. The number of rotatable bonds is 1. The summed E-state index contributed by atoms with van der Waals surface area (Å²) >= 11 is 0. The van der Waals surface area contributed by atoms with Crippen molar-refractivity contribution in [3.8, 4) is 0 Å². The molecule has 2 N–H and O–H groups in total. The van der Waals surface area contributed by atoms with Gasteiger partial charge in [-0.2, -0.15) is 0 Å². The van der Waals surface area contributed by atoms with Gasteiger partial charge < -0.3 is 0 Å². The Kier molecular flexibility index (Phi) is 2.46. The highest BCUT2D eigenvalue weighted by Gasteiger charge is 2.42. The summed E-state index contributed by atoms with van der Waals surface area (Å²) < 4.78 is 0. The molecule has 3 unspecified atom stereocenters. The van der Waals surface area contributed by atoms with Gasteiger partial charge in [-0.1, -0.05) is 0 Å². The summed E-state index contributed by atoms with van der Waals surface area (Å²) in [6, 6.07) is 4.37. The molecule has 84 valence electrons. The first-order valence-corrected chi connectivity index (χ1v) is 5.80. The fourth-order valence-corrected chi connectivity index (χ4v) is 2.80. The number of hydrazine groups is 1. The third kappa shape index (κ3) is 1.54. The lowest BCUT2D eigenvalue weighted by molar-refractivity contribution is -0.125. The summed E-state index contributed by atoms with van der Waals surface area (Å²) in [5.41, 5.74) is 7.64. The van der Waals surface area contributed by atoms with Gasteiger partial charge in [0.05, 0.1) is 12.0 Å². The number of nitrogens with zero attached hydrogens (tertiary/aromatic N) is 1. The Morgan fingerprint density at radius 3 is 2.88 bits per heavy atom. The van der Waals surface area contributed by atoms with E-state index in [0.717, 1.165) is 24.8 Å². The first-order valence-electron chi connectivity index (χ1n) is 5.80. The van der Waals surface area contributed by atoms with Crippen LogP contribution in [0.3, 0.4) is 0 Å². The van der Waals surface area contributed by atoms with Crippen LogP contribution in [0.25, 0.3) is 0 Å². The van der Waals surface area contributed by atoms with Crippen LogP contribution in [-0.4, -0.2) is 16.8 Å². The van der Waals surface area contributed by atoms with E-state index in [0.29, 0.717) is 11.8 Å². The van der Waals surface area contributed by atoms with Gasteiger partial charge in [0, 0.05) is 24.9 Å². The quantitative estimate of drug-likeness (QED) is 0.736. The minimum atomic E-state index is 0.0937. The Hall–Kier alpha value is -1.26. The van der Waals surface area contributed by atoms with Crippen LogP contribution in [0, 0.1) is 5.92 Å². The molecule has 4 heteroatoms. The van der Waals surface area contributed by atoms with E-state index < -0.39 is 0 Å². The Morgan fingerprint density at radius 2 is 2.06 bits per heavy atom. The summed E-state index contributed by atoms with van der Waals surface area (Å²) in [6.07, 6.45) is 6.38. The number of hydrogen-bond acceptors (Lipinski definition) is 4. The lowest BCUT2D eigenvalue weighted by atomic mass is 9.79. The van der Waals surface area contributed by atoms with E-state index in [2.05, 4.69) is 15.8 Å². The van der Waals surface area contributed by atoms with E-state index in [9.17, 15) is 4.79 Å². The molecule has 2 aliphatic rings. The van der Waals surface area contributed by atoms with Crippen molar-refractivity contribution in [2.75, 3.05) is 0 Å². The smallest absolute Gasteiger partial charge is 0.139 e. The molecule has 1 aromatic rings. The lowest BCUT2D eigenvalue weighted by Gasteiger charge is -2.25. The van der Waals surface area contributed by atoms with E-state index in [1.807, 2.05) is 12.1 Å². The monoisotopic (exact) mass is 217 g/mol. The average Bonchev–Trinajstić information content (AvgIpc) is 2.75. The number of pyridine rings is 1. The highest BCUT2D eigenvalue weighted by atomic mass is 16.1. The van der Waals surface area contributed by atoms with Gasteiger partial charge in [-0.3, -0.25) is 15.2 Å². The molecule has 4 nitrogen and oxygen atoms in total. The molecule has 0 radical (unpaired) electrons. The van der Waals surface area contributed by atoms with Gasteiger partial charge in [0.25, 0.3) is 0 Å². The summed E-state index contributed by atoms with van der Waals surface area (Å²) in [7, 11) is 0. The molecule has 1 aliphatic carbocycles. The van der Waals surface area contributed by atoms with Crippen molar-refractivity contribution >= 4 is 5.78 Å². The van der Waals surface area contributed by atoms with Gasteiger partial charge in [0.1, 0.15) is 5.78 Å². The van der Waals surface area contributed by atoms with Crippen LogP contribution in [0.1, 0.15) is 30.9 Å². The molecule has 0 aromatic carbocycles. The molecular weight excluding hydrogens is 202 g/mol. The molecule has 0 spiro atoms. The van der Waals surface area contributed by atoms with Crippen LogP contribution in [-0.2, 0) is 4.79 Å². The topological polar surface area (TPSA) is 54.0 Å². The van der Waals surface area contributed by atoms with E-state index in [1.165, 1.54) is 0 Å². The van der Waals surface area contributed by atoms with Crippen molar-refractivity contribution in [2.24, 2.45) is 5.92 Å². The van der Waals surface area contributed by atoms with Crippen molar-refractivity contribution < 1.29 is 4.79 Å². The van der Waals surface area contributed by atoms with E-state index in [-0.39, 0.29) is 12.0 Å². The Bertz CT molecular complexity index is 393. The second kappa shape index (κ2) is 3.96. The number of ketones is 1. The van der Waals surface area contributed by atoms with Crippen LogP contribution < -0.4 is 10.9 Å². The van der Waals surface area contributed by atoms with Crippen LogP contribution in [0.15, 0.2) is 24.5 Å². The maximum absolute atomic E-state index is 12.0. The Balaban J connectivity index is 1.89. The fourth-order valence-electron chi connectivity index (χ4n) is 2.80. The molecule has 1 saturated heterocycles. The highest BCUT2D eigenvalue weighted by Crippen LogP contribution is 2.35. The lowest BCUT2D eigenvalue weighted by Crippen LogP contribution is -2.36. The third-order valence-electron chi connectivity index (χ3n) is 3.59. The van der Waals surface area contributed by atoms with E-state index in [4.69, 9.17) is 0 Å². The number of hydrogen-bond donors (Lipinski definition) is 2. The first-order chi connectivity index (χ1) is 7.86. The fraction of sp³-hybridized carbons (Fsp3) is 0.500. The molecule has 2 fully saturated rings. The molecule has 1 saturated carbocycles. The molecule has 1 aromatic heterocycles. The zero-order chi connectivity index (χ0) is 11.0. The SMILES string of the molecule is O=C1CCCC2NNC(c3ccncc3)C12. The number of Topliss-reactive ketones (excluding diaryl/α,β-unsaturated/α-hetero) is 1. The molecular formula is C12H15N3O. The number of carbonyl (C=O) groups excluding carboxylic acids is 1. The molecule has 0 bridgehead atoms. The normalized spacial score (nSPS) is 33.8. The van der Waals surface area contributed by atoms with E-state index >= 15 is 0 Å². The molecule has 1 aliphatic heterocycles. The standard InChI is InChI=1S/C12H15N3O/c16-10-3-1-2-9-11(10)12(15-14-9)8-4-6-13-7-5-8/h4-7,9,11-12,14-15H,1-3H2. The summed E-state index contributed by atoms with van der Waals surface area (Å²) in [6.45, 7) is 0. The maximum atomic E-state index is 12.0. The van der Waals surface area contributed by atoms with Gasteiger partial charge in [-0.25, -0.2) is 5.43 Å². The van der Waals surface area contributed by atoms with Gasteiger partial charge in [0.15, 0.2) is 0 Å². The number of fused-ring (bicyclic) bond motifs is 1. The molecule has 3 rings (SSSR count). The van der Waals surface area contributed by atoms with Crippen LogP contribution >= 0.6 is 0 Å². The molecule has 3 atom stereocenters. The summed E-state index contributed by atoms with van der Waals surface area (Å²) in [4.78, 5) is 16.0. The minimum Gasteiger partial charge on any atom is -0.299 e. The Labute approximate surface area is 94.4 Å². The van der Waals surface area contributed by atoms with Gasteiger partial charge >= 0.3 is 0 Å². The number of carbonyl (C=O) groups is 1. The zero-order valence-electron chi connectivity index (χ0n) is 9.02. The number of nitrogens with one attached hydrogen (secondary N) is 2. The predicted molar refractivity (Wildman–Crippen MR) is 59.4 cm³/mol. The number of aromatic nitrogens is 1. The predicted octanol–water partition coefficient (Wildman–Crippen LogP) is 0.968. The molecule has 16 heavy (non-hydrogen) atoms. The average molecular weight is 217 g/mol. The second-order valence-electron chi connectivity index (χ2n) is 4.54. The second-order valence-corrected chi connectivity index (χ2v) is 4.54. The van der Waals surface area contributed by atoms with E-state index in [1.54, 1.807) is 12.4 Å². The van der Waals surface area contributed by atoms with Crippen molar-refractivity contribution in [3.05, 3.63) is 30.1 Å². The van der Waals surface area contributed by atoms with Crippen LogP contribution in [0.5, 0.6) is 0 Å². The third-order valence-corrected chi connectivity index (χ3v) is 3.59. The highest BCUT2D eigenvalue weighted by molar-refractivity contribution is 5.83. The van der Waals surface area contributed by atoms with Crippen molar-refractivity contribution in [1.82, 2.24) is 15.8 Å². The van der Waals surface area contributed by atoms with Crippen molar-refractivity contribution in [1.29, 1.82) is 0 Å². The molecule has 0 amide bonds. The van der Waals surface area contributed by atoms with Gasteiger partial charge in [0.2, 0.25) is 0 Å². The van der Waals surface area contributed by atoms with Crippen LogP contribution in [0.2, 0.25) is 0 Å².